The number of nitrogens with zero attached hydrogens (tertiary/aromatic N) is 4. The van der Waals surface area contributed by atoms with Gasteiger partial charge in [-0.2, -0.15) is 0 Å². The molecule has 2 heterocycles. The summed E-state index contributed by atoms with van der Waals surface area (Å²) in [5.41, 5.74) is 0.361. The molecular formula is C10H9ClN4O2. The van der Waals surface area contributed by atoms with Crippen LogP contribution in [0, 0.1) is 0 Å². The molecule has 0 radical (unpaired) electrons. The van der Waals surface area contributed by atoms with Crippen LogP contribution in [0.4, 0.5) is 0 Å². The van der Waals surface area contributed by atoms with Gasteiger partial charge < -0.3 is 4.74 Å². The fourth-order valence-corrected chi connectivity index (χ4v) is 1.32. The van der Waals surface area contributed by atoms with Crippen molar-refractivity contribution in [1.82, 2.24) is 19.7 Å². The van der Waals surface area contributed by atoms with Gasteiger partial charge in [0.25, 0.3) is 5.56 Å². The molecule has 0 bridgehead atoms. The zero-order valence-electron chi connectivity index (χ0n) is 9.00. The number of ether oxygens (including phenoxy) is 1. The van der Waals surface area contributed by atoms with E-state index < -0.39 is 0 Å². The molecule has 0 aliphatic heterocycles. The number of hydrogen-bond acceptors (Lipinski definition) is 5. The third-order valence-electron chi connectivity index (χ3n) is 2.04. The summed E-state index contributed by atoms with van der Waals surface area (Å²) < 4.78 is 6.19. The Balaban J connectivity index is 2.29. The largest absolute Gasteiger partial charge is 0.480 e. The van der Waals surface area contributed by atoms with Gasteiger partial charge >= 0.3 is 0 Å². The normalized spacial score (nSPS) is 10.2. The molecule has 2 rings (SSSR count). The molecular weight excluding hydrogens is 244 g/mol. The Morgan fingerprint density at radius 2 is 2.18 bits per heavy atom. The first-order chi connectivity index (χ1) is 8.19. The molecule has 0 spiro atoms. The molecule has 0 unspecified atom stereocenters. The van der Waals surface area contributed by atoms with Crippen molar-refractivity contribution in [3.63, 3.8) is 0 Å². The molecule has 6 nitrogen and oxygen atoms in total. The van der Waals surface area contributed by atoms with Crippen LogP contribution in [-0.2, 0) is 6.54 Å². The minimum atomic E-state index is -0.234. The van der Waals surface area contributed by atoms with Crippen LogP contribution in [0.3, 0.4) is 0 Å². The summed E-state index contributed by atoms with van der Waals surface area (Å²) in [5, 5.41) is 4.29. The number of hydrogen-bond donors (Lipinski definition) is 0. The van der Waals surface area contributed by atoms with E-state index in [0.29, 0.717) is 16.7 Å². The quantitative estimate of drug-likeness (QED) is 0.806. The minimum Gasteiger partial charge on any atom is -0.480 e. The van der Waals surface area contributed by atoms with Crippen LogP contribution in [0.2, 0.25) is 5.15 Å². The lowest BCUT2D eigenvalue weighted by molar-refractivity contribution is 0.378. The van der Waals surface area contributed by atoms with Gasteiger partial charge in [0.05, 0.1) is 31.7 Å². The molecule has 2 aromatic heterocycles. The second kappa shape index (κ2) is 4.92. The summed E-state index contributed by atoms with van der Waals surface area (Å²) in [6, 6.07) is 2.89. The molecule has 0 amide bonds. The maximum absolute atomic E-state index is 11.5. The fraction of sp³-hybridized carbons (Fsp3) is 0.200. The summed E-state index contributed by atoms with van der Waals surface area (Å²) in [4.78, 5) is 19.4. The Hall–Kier alpha value is -1.95. The molecule has 2 aromatic rings. The van der Waals surface area contributed by atoms with Crippen molar-refractivity contribution in [2.45, 2.75) is 6.54 Å². The van der Waals surface area contributed by atoms with Crippen molar-refractivity contribution in [3.05, 3.63) is 45.7 Å². The lowest BCUT2D eigenvalue weighted by Gasteiger charge is -2.05. The smallest absolute Gasteiger partial charge is 0.267 e. The molecule has 0 atom stereocenters. The molecule has 0 saturated carbocycles. The first-order valence-corrected chi connectivity index (χ1v) is 5.15. The standard InChI is InChI=1S/C10H9ClN4O2/c1-17-9-2-3-10(16)15(14-9)6-7-4-13-8(11)5-12-7/h2-5H,6H2,1H3. The molecule has 88 valence electrons. The van der Waals surface area contributed by atoms with E-state index in [1.807, 2.05) is 0 Å². The highest BCUT2D eigenvalue weighted by molar-refractivity contribution is 6.29. The molecule has 0 aliphatic carbocycles. The van der Waals surface area contributed by atoms with E-state index in [1.165, 1.54) is 36.3 Å². The van der Waals surface area contributed by atoms with E-state index in [0.717, 1.165) is 0 Å². The Morgan fingerprint density at radius 1 is 1.35 bits per heavy atom. The number of methoxy groups -OCH3 is 1. The van der Waals surface area contributed by atoms with Gasteiger partial charge in [-0.15, -0.1) is 5.10 Å². The highest BCUT2D eigenvalue weighted by Crippen LogP contribution is 2.03. The molecule has 0 saturated heterocycles. The summed E-state index contributed by atoms with van der Waals surface area (Å²) in [6.45, 7) is 0.222. The van der Waals surface area contributed by atoms with Gasteiger partial charge in [-0.1, -0.05) is 11.6 Å². The van der Waals surface area contributed by atoms with E-state index >= 15 is 0 Å². The number of halogens is 1. The third kappa shape index (κ3) is 2.79. The van der Waals surface area contributed by atoms with E-state index in [-0.39, 0.29) is 12.1 Å². The van der Waals surface area contributed by atoms with E-state index in [4.69, 9.17) is 16.3 Å². The second-order valence-corrected chi connectivity index (χ2v) is 3.59. The molecule has 0 aliphatic rings. The first kappa shape index (κ1) is 11.5. The van der Waals surface area contributed by atoms with Crippen molar-refractivity contribution < 1.29 is 4.74 Å². The lowest BCUT2D eigenvalue weighted by atomic mass is 10.4. The van der Waals surface area contributed by atoms with Gasteiger partial charge in [0.1, 0.15) is 5.15 Å². The van der Waals surface area contributed by atoms with Crippen molar-refractivity contribution in [1.29, 1.82) is 0 Å². The van der Waals surface area contributed by atoms with Gasteiger partial charge in [-0.25, -0.2) is 9.67 Å². The van der Waals surface area contributed by atoms with Crippen LogP contribution >= 0.6 is 11.6 Å². The first-order valence-electron chi connectivity index (χ1n) is 4.77. The molecule has 17 heavy (non-hydrogen) atoms. The number of aromatic nitrogens is 4. The van der Waals surface area contributed by atoms with Crippen LogP contribution in [-0.4, -0.2) is 26.9 Å². The maximum atomic E-state index is 11.5. The van der Waals surface area contributed by atoms with E-state index in [1.54, 1.807) is 0 Å². The minimum absolute atomic E-state index is 0.222. The summed E-state index contributed by atoms with van der Waals surface area (Å²) in [6.07, 6.45) is 2.91. The molecule has 0 aromatic carbocycles. The molecule has 0 N–H and O–H groups in total. The zero-order chi connectivity index (χ0) is 12.3. The predicted octanol–water partition coefficient (Wildman–Crippen LogP) is 0.744. The van der Waals surface area contributed by atoms with Crippen molar-refractivity contribution in [2.24, 2.45) is 0 Å². The molecule has 7 heteroatoms. The fourth-order valence-electron chi connectivity index (χ4n) is 1.23. The Labute approximate surface area is 102 Å². The Kier molecular flexibility index (Phi) is 3.34. The maximum Gasteiger partial charge on any atom is 0.267 e. The topological polar surface area (TPSA) is 69.9 Å². The molecule has 0 fully saturated rings. The number of rotatable bonds is 3. The van der Waals surface area contributed by atoms with Crippen molar-refractivity contribution in [3.8, 4) is 5.88 Å². The average molecular weight is 253 g/mol. The van der Waals surface area contributed by atoms with Gasteiger partial charge in [0.15, 0.2) is 0 Å². The summed E-state index contributed by atoms with van der Waals surface area (Å²) >= 11 is 5.62. The lowest BCUT2D eigenvalue weighted by Crippen LogP contribution is -2.23. The van der Waals surface area contributed by atoms with Gasteiger partial charge in [-0.05, 0) is 0 Å². The van der Waals surface area contributed by atoms with Crippen molar-refractivity contribution >= 4 is 11.6 Å². The van der Waals surface area contributed by atoms with Crippen LogP contribution in [0.5, 0.6) is 5.88 Å². The monoisotopic (exact) mass is 252 g/mol. The van der Waals surface area contributed by atoms with Gasteiger partial charge in [0, 0.05) is 12.1 Å². The average Bonchev–Trinajstić information content (AvgIpc) is 2.35. The summed E-state index contributed by atoms with van der Waals surface area (Å²) in [5.74, 6) is 0.367. The second-order valence-electron chi connectivity index (χ2n) is 3.20. The van der Waals surface area contributed by atoms with Crippen LogP contribution in [0.15, 0.2) is 29.3 Å². The van der Waals surface area contributed by atoms with Gasteiger partial charge in [-0.3, -0.25) is 9.78 Å². The summed E-state index contributed by atoms with van der Waals surface area (Å²) in [7, 11) is 1.49. The predicted molar refractivity (Wildman–Crippen MR) is 61.2 cm³/mol. The Bertz CT molecular complexity index is 567. The van der Waals surface area contributed by atoms with E-state index in [9.17, 15) is 4.79 Å². The third-order valence-corrected chi connectivity index (χ3v) is 2.23. The van der Waals surface area contributed by atoms with Crippen LogP contribution in [0.1, 0.15) is 5.69 Å². The zero-order valence-corrected chi connectivity index (χ0v) is 9.76. The Morgan fingerprint density at radius 3 is 2.82 bits per heavy atom. The van der Waals surface area contributed by atoms with Crippen molar-refractivity contribution in [2.75, 3.05) is 7.11 Å². The SMILES string of the molecule is COc1ccc(=O)n(Cc2cnc(Cl)cn2)n1. The van der Waals surface area contributed by atoms with Crippen LogP contribution in [0.25, 0.3) is 0 Å². The van der Waals surface area contributed by atoms with Gasteiger partial charge in [0.2, 0.25) is 5.88 Å². The van der Waals surface area contributed by atoms with E-state index in [2.05, 4.69) is 15.1 Å². The highest BCUT2D eigenvalue weighted by atomic mass is 35.5. The van der Waals surface area contributed by atoms with Crippen LogP contribution < -0.4 is 10.3 Å². The highest BCUT2D eigenvalue weighted by Gasteiger charge is 2.03.